The molecule has 0 bridgehead atoms. The third-order valence-corrected chi connectivity index (χ3v) is 2.26. The first-order valence-corrected chi connectivity index (χ1v) is 6.06. The van der Waals surface area contributed by atoms with Gasteiger partial charge in [0.2, 0.25) is 0 Å². The fourth-order valence-electron chi connectivity index (χ4n) is 1.65. The van der Waals surface area contributed by atoms with Gasteiger partial charge in [0.25, 0.3) is 0 Å². The van der Waals surface area contributed by atoms with Crippen LogP contribution < -0.4 is 0 Å². The maximum absolute atomic E-state index is 12.1. The zero-order chi connectivity index (χ0) is 15.4. The standard InChI is InChI=1S/C14H23NO4/c1-8-9-15(12(18)19-14(5,6)7)10(11(16)17)13(2,3)4/h1,10H,9H2,2-7H3,(H,16,17). The van der Waals surface area contributed by atoms with Crippen molar-refractivity contribution in [2.24, 2.45) is 5.41 Å². The molecule has 0 spiro atoms. The average molecular weight is 269 g/mol. The van der Waals surface area contributed by atoms with Crippen molar-refractivity contribution in [3.05, 3.63) is 0 Å². The number of aliphatic carboxylic acids is 1. The molecular weight excluding hydrogens is 246 g/mol. The molecule has 0 saturated carbocycles. The van der Waals surface area contributed by atoms with E-state index in [9.17, 15) is 14.7 Å². The summed E-state index contributed by atoms with van der Waals surface area (Å²) in [6, 6.07) is -1.04. The van der Waals surface area contributed by atoms with E-state index in [0.29, 0.717) is 0 Å². The second-order valence-corrected chi connectivity index (χ2v) is 6.42. The van der Waals surface area contributed by atoms with Gasteiger partial charge in [-0.3, -0.25) is 4.90 Å². The van der Waals surface area contributed by atoms with Crippen LogP contribution in [0.25, 0.3) is 0 Å². The van der Waals surface area contributed by atoms with Gasteiger partial charge >= 0.3 is 12.1 Å². The van der Waals surface area contributed by atoms with Crippen LogP contribution in [0, 0.1) is 17.8 Å². The summed E-state index contributed by atoms with van der Waals surface area (Å²) in [7, 11) is 0. The number of hydrogen-bond acceptors (Lipinski definition) is 3. The lowest BCUT2D eigenvalue weighted by molar-refractivity contribution is -0.147. The Morgan fingerprint density at radius 1 is 1.26 bits per heavy atom. The van der Waals surface area contributed by atoms with Crippen LogP contribution in [0.5, 0.6) is 0 Å². The molecule has 1 unspecified atom stereocenters. The largest absolute Gasteiger partial charge is 0.480 e. The summed E-state index contributed by atoms with van der Waals surface area (Å²) in [6.45, 7) is 10.2. The molecule has 0 aromatic carbocycles. The van der Waals surface area contributed by atoms with Crippen molar-refractivity contribution in [3.8, 4) is 12.3 Å². The summed E-state index contributed by atoms with van der Waals surface area (Å²) in [5.74, 6) is 1.20. The van der Waals surface area contributed by atoms with Crippen molar-refractivity contribution in [1.82, 2.24) is 4.90 Å². The minimum Gasteiger partial charge on any atom is -0.480 e. The highest BCUT2D eigenvalue weighted by atomic mass is 16.6. The van der Waals surface area contributed by atoms with Crippen molar-refractivity contribution >= 4 is 12.1 Å². The Morgan fingerprint density at radius 2 is 1.74 bits per heavy atom. The summed E-state index contributed by atoms with van der Waals surface area (Å²) < 4.78 is 5.21. The Morgan fingerprint density at radius 3 is 2.00 bits per heavy atom. The minimum atomic E-state index is -1.10. The first-order valence-electron chi connectivity index (χ1n) is 6.06. The summed E-state index contributed by atoms with van der Waals surface area (Å²) in [5.41, 5.74) is -1.36. The molecule has 0 aliphatic carbocycles. The van der Waals surface area contributed by atoms with Crippen molar-refractivity contribution in [3.63, 3.8) is 0 Å². The highest BCUT2D eigenvalue weighted by Gasteiger charge is 2.40. The van der Waals surface area contributed by atoms with E-state index in [0.717, 1.165) is 4.90 Å². The minimum absolute atomic E-state index is 0.108. The highest BCUT2D eigenvalue weighted by molar-refractivity contribution is 5.81. The zero-order valence-corrected chi connectivity index (χ0v) is 12.5. The summed E-state index contributed by atoms with van der Waals surface area (Å²) in [4.78, 5) is 24.6. The predicted molar refractivity (Wildman–Crippen MR) is 72.7 cm³/mol. The number of carbonyl (C=O) groups excluding carboxylic acids is 1. The summed E-state index contributed by atoms with van der Waals surface area (Å²) >= 11 is 0. The lowest BCUT2D eigenvalue weighted by Gasteiger charge is -2.36. The number of amides is 1. The molecule has 0 aliphatic heterocycles. The van der Waals surface area contributed by atoms with E-state index >= 15 is 0 Å². The number of carbonyl (C=O) groups is 2. The van der Waals surface area contributed by atoms with E-state index in [-0.39, 0.29) is 6.54 Å². The van der Waals surface area contributed by atoms with Crippen molar-refractivity contribution in [2.45, 2.75) is 53.2 Å². The lowest BCUT2D eigenvalue weighted by atomic mass is 9.85. The number of terminal acetylenes is 1. The van der Waals surface area contributed by atoms with E-state index in [1.54, 1.807) is 41.5 Å². The molecule has 108 valence electrons. The third-order valence-electron chi connectivity index (χ3n) is 2.26. The van der Waals surface area contributed by atoms with Crippen LogP contribution in [0.15, 0.2) is 0 Å². The van der Waals surface area contributed by atoms with Gasteiger partial charge in [-0.1, -0.05) is 26.7 Å². The Labute approximate surface area is 114 Å². The maximum Gasteiger partial charge on any atom is 0.411 e. The number of ether oxygens (including phenoxy) is 1. The molecular formula is C14H23NO4. The molecule has 0 heterocycles. The van der Waals surface area contributed by atoms with Gasteiger partial charge in [-0.25, -0.2) is 9.59 Å². The van der Waals surface area contributed by atoms with Crippen LogP contribution in [0.2, 0.25) is 0 Å². The van der Waals surface area contributed by atoms with Gasteiger partial charge in [-0.2, -0.15) is 0 Å². The number of carboxylic acids is 1. The number of rotatable bonds is 3. The molecule has 1 N–H and O–H groups in total. The molecule has 0 aromatic rings. The molecule has 5 nitrogen and oxygen atoms in total. The molecule has 0 aromatic heterocycles. The summed E-state index contributed by atoms with van der Waals surface area (Å²) in [6.07, 6.45) is 4.50. The van der Waals surface area contributed by atoms with Crippen LogP contribution in [0.1, 0.15) is 41.5 Å². The molecule has 0 saturated heterocycles. The first-order chi connectivity index (χ1) is 8.40. The van der Waals surface area contributed by atoms with Gasteiger partial charge in [-0.05, 0) is 26.2 Å². The molecule has 1 atom stereocenters. The number of hydrogen-bond donors (Lipinski definition) is 1. The van der Waals surface area contributed by atoms with E-state index in [1.165, 1.54) is 0 Å². The predicted octanol–water partition coefficient (Wildman–Crippen LogP) is 2.36. The van der Waals surface area contributed by atoms with Crippen molar-refractivity contribution < 1.29 is 19.4 Å². The van der Waals surface area contributed by atoms with Gasteiger partial charge in [0, 0.05) is 0 Å². The van der Waals surface area contributed by atoms with E-state index in [4.69, 9.17) is 11.2 Å². The zero-order valence-electron chi connectivity index (χ0n) is 12.5. The van der Waals surface area contributed by atoms with Crippen LogP contribution in [0.3, 0.4) is 0 Å². The van der Waals surface area contributed by atoms with Gasteiger partial charge in [0.1, 0.15) is 11.6 Å². The molecule has 0 rings (SSSR count). The van der Waals surface area contributed by atoms with Gasteiger partial charge in [0.15, 0.2) is 0 Å². The fourth-order valence-corrected chi connectivity index (χ4v) is 1.65. The Kier molecular flexibility index (Phi) is 5.43. The Bertz CT molecular complexity index is 382. The Balaban J connectivity index is 5.34. The second kappa shape index (κ2) is 5.96. The number of carboxylic acid groups (broad SMARTS) is 1. The van der Waals surface area contributed by atoms with E-state index in [1.807, 2.05) is 0 Å². The summed E-state index contributed by atoms with van der Waals surface area (Å²) in [5, 5.41) is 9.34. The normalized spacial score (nSPS) is 13.3. The molecule has 0 radical (unpaired) electrons. The van der Waals surface area contributed by atoms with Crippen LogP contribution in [-0.4, -0.2) is 40.3 Å². The monoisotopic (exact) mass is 269 g/mol. The smallest absolute Gasteiger partial charge is 0.411 e. The van der Waals surface area contributed by atoms with E-state index in [2.05, 4.69) is 5.92 Å². The fraction of sp³-hybridized carbons (Fsp3) is 0.714. The topological polar surface area (TPSA) is 66.8 Å². The van der Waals surface area contributed by atoms with Crippen LogP contribution in [-0.2, 0) is 9.53 Å². The van der Waals surface area contributed by atoms with Gasteiger partial charge in [-0.15, -0.1) is 6.42 Å². The van der Waals surface area contributed by atoms with Crippen molar-refractivity contribution in [2.75, 3.05) is 6.54 Å². The first kappa shape index (κ1) is 17.3. The van der Waals surface area contributed by atoms with Gasteiger partial charge < -0.3 is 9.84 Å². The van der Waals surface area contributed by atoms with Crippen LogP contribution >= 0.6 is 0 Å². The lowest BCUT2D eigenvalue weighted by Crippen LogP contribution is -2.53. The number of nitrogens with zero attached hydrogens (tertiary/aromatic N) is 1. The third kappa shape index (κ3) is 5.64. The molecule has 0 aliphatic rings. The molecule has 0 fully saturated rings. The maximum atomic E-state index is 12.1. The average Bonchev–Trinajstić information content (AvgIpc) is 2.11. The highest BCUT2D eigenvalue weighted by Crippen LogP contribution is 2.26. The van der Waals surface area contributed by atoms with E-state index < -0.39 is 29.1 Å². The molecule has 5 heteroatoms. The second-order valence-electron chi connectivity index (χ2n) is 6.42. The Hall–Kier alpha value is -1.70. The van der Waals surface area contributed by atoms with Gasteiger partial charge in [0.05, 0.1) is 6.54 Å². The van der Waals surface area contributed by atoms with Crippen molar-refractivity contribution in [1.29, 1.82) is 0 Å². The molecule has 1 amide bonds. The molecule has 19 heavy (non-hydrogen) atoms. The SMILES string of the molecule is C#CCN(C(=O)OC(C)(C)C)C(C(=O)O)C(C)(C)C. The van der Waals surface area contributed by atoms with Crippen LogP contribution in [0.4, 0.5) is 4.79 Å². The quantitative estimate of drug-likeness (QED) is 0.799.